The number of aromatic nitrogens is 5. The predicted molar refractivity (Wildman–Crippen MR) is 148 cm³/mol. The number of fused-ring (bicyclic) bond motifs is 2. The number of rotatable bonds is 8. The maximum Gasteiger partial charge on any atom is 0.238 e. The van der Waals surface area contributed by atoms with Crippen molar-refractivity contribution in [3.05, 3.63) is 67.1 Å². The minimum absolute atomic E-state index is 0.00791. The first kappa shape index (κ1) is 24.5. The molecule has 0 unspecified atom stereocenters. The Morgan fingerprint density at radius 3 is 2.71 bits per heavy atom. The third-order valence-corrected chi connectivity index (χ3v) is 8.53. The lowest BCUT2D eigenvalue weighted by Gasteiger charge is -2.26. The van der Waals surface area contributed by atoms with Crippen LogP contribution >= 0.6 is 0 Å². The summed E-state index contributed by atoms with van der Waals surface area (Å²) in [5.41, 5.74) is 3.93. The van der Waals surface area contributed by atoms with Crippen molar-refractivity contribution in [3.63, 3.8) is 0 Å². The first-order valence-electron chi connectivity index (χ1n) is 12.7. The molecule has 1 aliphatic heterocycles. The molecular weight excluding hydrogens is 502 g/mol. The highest BCUT2D eigenvalue weighted by molar-refractivity contribution is 7.90. The summed E-state index contributed by atoms with van der Waals surface area (Å²) in [6.07, 6.45) is 5.19. The molecule has 11 heteroatoms. The molecule has 0 atom stereocenters. The molecule has 1 aliphatic rings. The monoisotopic (exact) mass is 531 g/mol. The lowest BCUT2D eigenvalue weighted by Crippen LogP contribution is -2.38. The molecule has 1 fully saturated rings. The Morgan fingerprint density at radius 1 is 1.03 bits per heavy atom. The number of nitrogens with one attached hydrogen (secondary N) is 1. The van der Waals surface area contributed by atoms with E-state index >= 15 is 0 Å². The number of morpholine rings is 1. The first-order chi connectivity index (χ1) is 18.5. The fraction of sp³-hybridized carbons (Fsp3) is 0.296. The Bertz CT molecular complexity index is 1700. The van der Waals surface area contributed by atoms with Crippen LogP contribution < -0.4 is 5.32 Å². The van der Waals surface area contributed by atoms with Gasteiger partial charge < -0.3 is 10.1 Å². The van der Waals surface area contributed by atoms with Crippen LogP contribution in [0.4, 0.5) is 11.6 Å². The third-order valence-electron chi connectivity index (χ3n) is 6.90. The summed E-state index contributed by atoms with van der Waals surface area (Å²) in [5, 5.41) is 9.73. The van der Waals surface area contributed by atoms with Crippen molar-refractivity contribution in [1.82, 2.24) is 28.6 Å². The molecule has 0 amide bonds. The standard InChI is InChI=1S/C27H29N7O3S/c1-2-38(35,36)34-19-23(22-5-3-4-6-26(22)34)24-9-10-28-27(31-24)30-21-7-8-25-20(17-21)18-29-33(25)12-11-32-13-15-37-16-14-32/h3-10,17-19H,2,11-16H2,1H3,(H,28,30,31). The summed E-state index contributed by atoms with van der Waals surface area (Å²) >= 11 is 0. The van der Waals surface area contributed by atoms with E-state index < -0.39 is 10.0 Å². The fourth-order valence-electron chi connectivity index (χ4n) is 4.83. The highest BCUT2D eigenvalue weighted by Gasteiger charge is 2.19. The molecule has 38 heavy (non-hydrogen) atoms. The van der Waals surface area contributed by atoms with Gasteiger partial charge in [-0.05, 0) is 37.3 Å². The number of hydrogen-bond acceptors (Lipinski definition) is 8. The van der Waals surface area contributed by atoms with Crippen LogP contribution in [0.25, 0.3) is 33.1 Å². The molecule has 1 N–H and O–H groups in total. The Balaban J connectivity index is 1.25. The van der Waals surface area contributed by atoms with Crippen molar-refractivity contribution >= 4 is 43.5 Å². The van der Waals surface area contributed by atoms with Crippen LogP contribution in [0.5, 0.6) is 0 Å². The smallest absolute Gasteiger partial charge is 0.238 e. The molecule has 3 aromatic heterocycles. The molecule has 0 bridgehead atoms. The second kappa shape index (κ2) is 10.2. The first-order valence-corrected chi connectivity index (χ1v) is 14.3. The largest absolute Gasteiger partial charge is 0.379 e. The van der Waals surface area contributed by atoms with E-state index in [1.54, 1.807) is 25.4 Å². The van der Waals surface area contributed by atoms with Crippen molar-refractivity contribution < 1.29 is 13.2 Å². The van der Waals surface area contributed by atoms with Crippen molar-refractivity contribution in [2.75, 3.05) is 43.9 Å². The van der Waals surface area contributed by atoms with E-state index in [1.165, 1.54) is 3.97 Å². The van der Waals surface area contributed by atoms with Crippen molar-refractivity contribution in [2.45, 2.75) is 13.5 Å². The van der Waals surface area contributed by atoms with Crippen LogP contribution in [-0.4, -0.2) is 75.6 Å². The Kier molecular flexibility index (Phi) is 6.56. The summed E-state index contributed by atoms with van der Waals surface area (Å²) in [4.78, 5) is 11.5. The van der Waals surface area contributed by atoms with Gasteiger partial charge in [0.15, 0.2) is 0 Å². The van der Waals surface area contributed by atoms with Gasteiger partial charge in [0.05, 0.1) is 48.4 Å². The number of anilines is 2. The van der Waals surface area contributed by atoms with E-state index in [1.807, 2.05) is 47.3 Å². The highest BCUT2D eigenvalue weighted by atomic mass is 32.2. The van der Waals surface area contributed by atoms with Gasteiger partial charge in [0.25, 0.3) is 0 Å². The molecule has 4 heterocycles. The molecule has 0 aliphatic carbocycles. The van der Waals surface area contributed by atoms with Crippen LogP contribution in [0, 0.1) is 0 Å². The fourth-order valence-corrected chi connectivity index (χ4v) is 5.83. The van der Waals surface area contributed by atoms with E-state index in [9.17, 15) is 8.42 Å². The maximum absolute atomic E-state index is 12.7. The summed E-state index contributed by atoms with van der Waals surface area (Å²) < 4.78 is 34.2. The SMILES string of the molecule is CCS(=O)(=O)n1cc(-c2ccnc(Nc3ccc4c(cnn4CCN4CCOCC4)c3)n2)c2ccccc21. The second-order valence-corrected chi connectivity index (χ2v) is 11.4. The van der Waals surface area contributed by atoms with Crippen LogP contribution in [-0.2, 0) is 21.3 Å². The highest BCUT2D eigenvalue weighted by Crippen LogP contribution is 2.31. The van der Waals surface area contributed by atoms with Crippen LogP contribution in [0.2, 0.25) is 0 Å². The minimum Gasteiger partial charge on any atom is -0.379 e. The summed E-state index contributed by atoms with van der Waals surface area (Å²) in [7, 11) is -3.46. The third kappa shape index (κ3) is 4.75. The van der Waals surface area contributed by atoms with Gasteiger partial charge in [-0.2, -0.15) is 5.10 Å². The van der Waals surface area contributed by atoms with Gasteiger partial charge in [0.1, 0.15) is 0 Å². The average Bonchev–Trinajstić information content (AvgIpc) is 3.54. The van der Waals surface area contributed by atoms with Crippen LogP contribution in [0.15, 0.2) is 67.1 Å². The zero-order valence-electron chi connectivity index (χ0n) is 21.1. The Hall–Kier alpha value is -3.80. The molecule has 196 valence electrons. The molecule has 1 saturated heterocycles. The normalized spacial score (nSPS) is 14.9. The predicted octanol–water partition coefficient (Wildman–Crippen LogP) is 3.72. The summed E-state index contributed by atoms with van der Waals surface area (Å²) in [5.74, 6) is 0.435. The zero-order valence-corrected chi connectivity index (χ0v) is 21.9. The summed E-state index contributed by atoms with van der Waals surface area (Å²) in [6, 6.07) is 15.3. The van der Waals surface area contributed by atoms with Gasteiger partial charge in [-0.25, -0.2) is 22.4 Å². The number of nitrogens with zero attached hydrogens (tertiary/aromatic N) is 6. The van der Waals surface area contributed by atoms with Crippen molar-refractivity contribution in [3.8, 4) is 11.3 Å². The van der Waals surface area contributed by atoms with E-state index in [0.29, 0.717) is 17.2 Å². The molecule has 0 saturated carbocycles. The molecule has 10 nitrogen and oxygen atoms in total. The van der Waals surface area contributed by atoms with E-state index in [0.717, 1.165) is 66.9 Å². The van der Waals surface area contributed by atoms with Gasteiger partial charge in [-0.1, -0.05) is 18.2 Å². The Labute approximate surface area is 220 Å². The maximum atomic E-state index is 12.7. The lowest BCUT2D eigenvalue weighted by molar-refractivity contribution is 0.0361. The van der Waals surface area contributed by atoms with Crippen molar-refractivity contribution in [1.29, 1.82) is 0 Å². The van der Waals surface area contributed by atoms with E-state index in [2.05, 4.69) is 26.4 Å². The molecular formula is C27H29N7O3S. The molecule has 6 rings (SSSR count). The average molecular weight is 532 g/mol. The quantitative estimate of drug-likeness (QED) is 0.323. The second-order valence-electron chi connectivity index (χ2n) is 9.24. The van der Waals surface area contributed by atoms with Crippen LogP contribution in [0.1, 0.15) is 6.92 Å². The molecule has 5 aromatic rings. The topological polar surface area (TPSA) is 107 Å². The molecule has 0 radical (unpaired) electrons. The number of hydrogen-bond donors (Lipinski definition) is 1. The van der Waals surface area contributed by atoms with E-state index in [-0.39, 0.29) is 5.75 Å². The number of para-hydroxylation sites is 1. The summed E-state index contributed by atoms with van der Waals surface area (Å²) in [6.45, 7) is 6.90. The lowest BCUT2D eigenvalue weighted by atomic mass is 10.1. The number of ether oxygens (including phenoxy) is 1. The van der Waals surface area contributed by atoms with E-state index in [4.69, 9.17) is 9.72 Å². The minimum atomic E-state index is -3.46. The zero-order chi connectivity index (χ0) is 26.1. The van der Waals surface area contributed by atoms with Crippen LogP contribution in [0.3, 0.4) is 0 Å². The van der Waals surface area contributed by atoms with Gasteiger partial charge in [-0.15, -0.1) is 0 Å². The van der Waals surface area contributed by atoms with Gasteiger partial charge in [0, 0.05) is 54.1 Å². The van der Waals surface area contributed by atoms with Gasteiger partial charge in [-0.3, -0.25) is 9.58 Å². The number of benzene rings is 2. The van der Waals surface area contributed by atoms with Gasteiger partial charge >= 0.3 is 0 Å². The molecule has 0 spiro atoms. The molecule has 2 aromatic carbocycles. The Morgan fingerprint density at radius 2 is 1.87 bits per heavy atom. The van der Waals surface area contributed by atoms with Crippen molar-refractivity contribution in [2.24, 2.45) is 0 Å². The van der Waals surface area contributed by atoms with Gasteiger partial charge in [0.2, 0.25) is 16.0 Å².